The highest BCUT2D eigenvalue weighted by Crippen LogP contribution is 2.42. The van der Waals surface area contributed by atoms with E-state index < -0.39 is 23.3 Å². The van der Waals surface area contributed by atoms with Crippen molar-refractivity contribution in [2.45, 2.75) is 57.5 Å². The van der Waals surface area contributed by atoms with Crippen LogP contribution in [0.1, 0.15) is 40.0 Å². The molecule has 8 heteroatoms. The number of carbonyl (C=O) groups excluding carboxylic acids is 1. The number of alkyl halides is 1. The van der Waals surface area contributed by atoms with E-state index in [-0.39, 0.29) is 36.2 Å². The molecule has 1 rings (SSSR count). The Morgan fingerprint density at radius 2 is 1.91 bits per heavy atom. The molecule has 23 heavy (non-hydrogen) atoms. The molecule has 1 aliphatic carbocycles. The topological polar surface area (TPSA) is 131 Å². The second kappa shape index (κ2) is 8.38. The van der Waals surface area contributed by atoms with E-state index in [0.717, 1.165) is 12.8 Å². The molecule has 0 aromatic carbocycles. The van der Waals surface area contributed by atoms with Crippen LogP contribution in [0.15, 0.2) is 4.99 Å². The SMILES string of the molecule is CCC(CC)[C@H](NC(C)=O)[C@@H]1[C@H](Cl)[C@@H](C(=O)O)C[C@H]1N=C(N)N. The molecule has 0 radical (unpaired) electrons. The number of amides is 1. The molecule has 6 N–H and O–H groups in total. The molecule has 1 saturated carbocycles. The lowest BCUT2D eigenvalue weighted by Crippen LogP contribution is -2.49. The third kappa shape index (κ3) is 4.73. The van der Waals surface area contributed by atoms with Gasteiger partial charge in [0.1, 0.15) is 0 Å². The zero-order valence-electron chi connectivity index (χ0n) is 13.8. The molecule has 0 aromatic rings. The fourth-order valence-electron chi connectivity index (χ4n) is 3.59. The lowest BCUT2D eigenvalue weighted by Gasteiger charge is -2.35. The first-order valence-corrected chi connectivity index (χ1v) is 8.39. The van der Waals surface area contributed by atoms with Gasteiger partial charge in [0.2, 0.25) is 5.91 Å². The van der Waals surface area contributed by atoms with Gasteiger partial charge in [0.05, 0.1) is 17.3 Å². The number of hydrogen-bond acceptors (Lipinski definition) is 3. The van der Waals surface area contributed by atoms with Crippen LogP contribution < -0.4 is 16.8 Å². The monoisotopic (exact) mass is 346 g/mol. The van der Waals surface area contributed by atoms with Crippen molar-refractivity contribution in [2.75, 3.05) is 0 Å². The van der Waals surface area contributed by atoms with Gasteiger partial charge in [-0.3, -0.25) is 9.59 Å². The summed E-state index contributed by atoms with van der Waals surface area (Å²) >= 11 is 6.47. The van der Waals surface area contributed by atoms with Crippen LogP contribution in [0, 0.1) is 17.8 Å². The summed E-state index contributed by atoms with van der Waals surface area (Å²) < 4.78 is 0. The van der Waals surface area contributed by atoms with Gasteiger partial charge < -0.3 is 21.9 Å². The fraction of sp³-hybridized carbons (Fsp3) is 0.800. The van der Waals surface area contributed by atoms with Crippen molar-refractivity contribution in [3.05, 3.63) is 0 Å². The fourth-order valence-corrected chi connectivity index (χ4v) is 4.13. The number of rotatable bonds is 7. The van der Waals surface area contributed by atoms with Crippen LogP contribution in [0.4, 0.5) is 0 Å². The summed E-state index contributed by atoms with van der Waals surface area (Å²) in [6, 6.07) is -0.677. The minimum atomic E-state index is -0.964. The minimum Gasteiger partial charge on any atom is -0.481 e. The highest BCUT2D eigenvalue weighted by molar-refractivity contribution is 6.22. The molecule has 5 atom stereocenters. The Hall–Kier alpha value is -1.50. The average Bonchev–Trinajstić information content (AvgIpc) is 2.74. The Labute approximate surface area is 141 Å². The van der Waals surface area contributed by atoms with Crippen LogP contribution >= 0.6 is 11.6 Å². The molecule has 0 bridgehead atoms. The quantitative estimate of drug-likeness (QED) is 0.309. The number of halogens is 1. The van der Waals surface area contributed by atoms with E-state index >= 15 is 0 Å². The van der Waals surface area contributed by atoms with Crippen molar-refractivity contribution in [1.29, 1.82) is 0 Å². The summed E-state index contributed by atoms with van der Waals surface area (Å²) in [5.41, 5.74) is 11.0. The molecule has 1 amide bonds. The Kier molecular flexibility index (Phi) is 7.12. The van der Waals surface area contributed by atoms with Gasteiger partial charge in [-0.2, -0.15) is 0 Å². The molecule has 0 aromatic heterocycles. The molecule has 0 spiro atoms. The van der Waals surface area contributed by atoms with E-state index in [1.54, 1.807) is 0 Å². The Bertz CT molecular complexity index is 464. The van der Waals surface area contributed by atoms with Gasteiger partial charge in [0, 0.05) is 18.9 Å². The highest BCUT2D eigenvalue weighted by Gasteiger charge is 2.50. The average molecular weight is 347 g/mol. The van der Waals surface area contributed by atoms with Crippen LogP contribution in [0.5, 0.6) is 0 Å². The van der Waals surface area contributed by atoms with E-state index in [1.165, 1.54) is 6.92 Å². The number of carboxylic acids is 1. The summed E-state index contributed by atoms with van der Waals surface area (Å²) in [6.07, 6.45) is 1.95. The molecular formula is C15H27ClN4O3. The summed E-state index contributed by atoms with van der Waals surface area (Å²) in [7, 11) is 0. The van der Waals surface area contributed by atoms with E-state index in [0.29, 0.717) is 0 Å². The standard InChI is InChI=1S/C15H27ClN4O3/c1-4-8(5-2)13(19-7(3)21)11-10(20-15(17)18)6-9(12(11)16)14(22)23/h8-13H,4-6H2,1-3H3,(H,19,21)(H,22,23)(H4,17,18,20)/t9-,10+,11-,12+,13-/m0/s1. The molecule has 0 saturated heterocycles. The van der Waals surface area contributed by atoms with Crippen LogP contribution in [-0.2, 0) is 9.59 Å². The van der Waals surface area contributed by atoms with Crippen LogP contribution in [0.3, 0.4) is 0 Å². The number of carbonyl (C=O) groups is 2. The normalized spacial score (nSPS) is 28.4. The maximum Gasteiger partial charge on any atom is 0.308 e. The second-order valence-electron chi connectivity index (χ2n) is 6.13. The van der Waals surface area contributed by atoms with E-state index in [2.05, 4.69) is 10.3 Å². The molecule has 1 fully saturated rings. The summed E-state index contributed by atoms with van der Waals surface area (Å²) in [6.45, 7) is 5.51. The second-order valence-corrected chi connectivity index (χ2v) is 6.63. The van der Waals surface area contributed by atoms with Gasteiger partial charge in [-0.25, -0.2) is 4.99 Å². The minimum absolute atomic E-state index is 0.0963. The lowest BCUT2D eigenvalue weighted by atomic mass is 9.81. The van der Waals surface area contributed by atoms with Crippen molar-refractivity contribution < 1.29 is 14.7 Å². The van der Waals surface area contributed by atoms with E-state index in [1.807, 2.05) is 13.8 Å². The van der Waals surface area contributed by atoms with Crippen molar-refractivity contribution in [1.82, 2.24) is 5.32 Å². The van der Waals surface area contributed by atoms with Crippen molar-refractivity contribution in [3.63, 3.8) is 0 Å². The maximum atomic E-state index is 11.6. The van der Waals surface area contributed by atoms with Crippen LogP contribution in [0.2, 0.25) is 0 Å². The van der Waals surface area contributed by atoms with Gasteiger partial charge >= 0.3 is 5.97 Å². The molecule has 0 heterocycles. The molecule has 7 nitrogen and oxygen atoms in total. The molecular weight excluding hydrogens is 320 g/mol. The van der Waals surface area contributed by atoms with Gasteiger partial charge in [0.15, 0.2) is 5.96 Å². The first kappa shape index (κ1) is 19.5. The van der Waals surface area contributed by atoms with Gasteiger partial charge in [0.25, 0.3) is 0 Å². The number of carboxylic acid groups (broad SMARTS) is 1. The number of aliphatic carboxylic acids is 1. The van der Waals surface area contributed by atoms with Crippen molar-refractivity contribution >= 4 is 29.4 Å². The number of aliphatic imine (C=N–C) groups is 1. The molecule has 0 aliphatic heterocycles. The predicted molar refractivity (Wildman–Crippen MR) is 90.1 cm³/mol. The van der Waals surface area contributed by atoms with E-state index in [9.17, 15) is 14.7 Å². The van der Waals surface area contributed by atoms with Crippen LogP contribution in [0.25, 0.3) is 0 Å². The van der Waals surface area contributed by atoms with Gasteiger partial charge in [-0.05, 0) is 12.3 Å². The van der Waals surface area contributed by atoms with Gasteiger partial charge in [-0.1, -0.05) is 26.7 Å². The lowest BCUT2D eigenvalue weighted by molar-refractivity contribution is -0.141. The Morgan fingerprint density at radius 3 is 2.30 bits per heavy atom. The zero-order valence-corrected chi connectivity index (χ0v) is 14.6. The van der Waals surface area contributed by atoms with Crippen molar-refractivity contribution in [2.24, 2.45) is 34.2 Å². The summed E-state index contributed by atoms with van der Waals surface area (Å²) in [4.78, 5) is 27.3. The Balaban J connectivity index is 3.23. The number of nitrogens with one attached hydrogen (secondary N) is 1. The zero-order chi connectivity index (χ0) is 17.7. The molecule has 1 aliphatic rings. The molecule has 132 valence electrons. The first-order chi connectivity index (χ1) is 10.7. The molecule has 0 unspecified atom stereocenters. The largest absolute Gasteiger partial charge is 0.481 e. The van der Waals surface area contributed by atoms with Crippen molar-refractivity contribution in [3.8, 4) is 0 Å². The smallest absolute Gasteiger partial charge is 0.308 e. The van der Waals surface area contributed by atoms with Gasteiger partial charge in [-0.15, -0.1) is 11.6 Å². The maximum absolute atomic E-state index is 11.6. The number of nitrogens with two attached hydrogens (primary N) is 2. The number of hydrogen-bond donors (Lipinski definition) is 4. The third-order valence-corrected chi connectivity index (χ3v) is 5.26. The Morgan fingerprint density at radius 1 is 1.35 bits per heavy atom. The third-order valence-electron chi connectivity index (χ3n) is 4.67. The summed E-state index contributed by atoms with van der Waals surface area (Å²) in [5, 5.41) is 11.7. The number of nitrogens with zero attached hydrogens (tertiary/aromatic N) is 1. The van der Waals surface area contributed by atoms with E-state index in [4.69, 9.17) is 23.1 Å². The highest BCUT2D eigenvalue weighted by atomic mass is 35.5. The number of guanidine groups is 1. The predicted octanol–water partition coefficient (Wildman–Crippen LogP) is 0.897. The summed E-state index contributed by atoms with van der Waals surface area (Å²) in [5.74, 6) is -2.12. The first-order valence-electron chi connectivity index (χ1n) is 7.95. The van der Waals surface area contributed by atoms with Crippen LogP contribution in [-0.4, -0.2) is 40.4 Å².